The van der Waals surface area contributed by atoms with Crippen molar-refractivity contribution in [3.05, 3.63) is 35.9 Å². The molecule has 0 amide bonds. The molecule has 15 heavy (non-hydrogen) atoms. The van der Waals surface area contributed by atoms with Crippen molar-refractivity contribution in [2.45, 2.75) is 26.2 Å². The van der Waals surface area contributed by atoms with Crippen molar-refractivity contribution < 1.29 is 9.53 Å². The Hall–Kier alpha value is 0.326. The Balaban J connectivity index is 0.00000196. The fourth-order valence-electron chi connectivity index (χ4n) is 1.17. The molecule has 1 aromatic rings. The van der Waals surface area contributed by atoms with Crippen molar-refractivity contribution >= 4 is 57.4 Å². The molecular formula is C12H17KO2. The summed E-state index contributed by atoms with van der Waals surface area (Å²) in [4.78, 5) is 11.4. The topological polar surface area (TPSA) is 26.3 Å². The van der Waals surface area contributed by atoms with E-state index in [4.69, 9.17) is 4.74 Å². The van der Waals surface area contributed by atoms with Crippen molar-refractivity contribution in [1.82, 2.24) is 0 Å². The predicted molar refractivity (Wildman–Crippen MR) is 63.4 cm³/mol. The van der Waals surface area contributed by atoms with Gasteiger partial charge in [0.2, 0.25) is 0 Å². The number of hydrogen-bond acceptors (Lipinski definition) is 2. The second-order valence-corrected chi connectivity index (χ2v) is 3.21. The summed E-state index contributed by atoms with van der Waals surface area (Å²) in [7, 11) is 0. The normalized spacial score (nSPS) is 9.13. The van der Waals surface area contributed by atoms with Crippen molar-refractivity contribution in [3.63, 3.8) is 0 Å². The predicted octanol–water partition coefficient (Wildman–Crippen LogP) is 2.39. The number of carbonyl (C=O) groups excluding carboxylic acids is 1. The van der Waals surface area contributed by atoms with Crippen LogP contribution in [0.15, 0.2) is 30.3 Å². The third-order valence-corrected chi connectivity index (χ3v) is 1.99. The molecule has 2 nitrogen and oxygen atoms in total. The third kappa shape index (κ3) is 6.48. The minimum atomic E-state index is -0.221. The number of ether oxygens (including phenoxy) is 1. The molecule has 0 aliphatic rings. The first-order valence-corrected chi connectivity index (χ1v) is 5.06. The van der Waals surface area contributed by atoms with Crippen LogP contribution in [-0.4, -0.2) is 64.0 Å². The van der Waals surface area contributed by atoms with E-state index in [1.54, 1.807) is 12.1 Å². The monoisotopic (exact) mass is 232 g/mol. The van der Waals surface area contributed by atoms with Crippen LogP contribution in [0.3, 0.4) is 0 Å². The summed E-state index contributed by atoms with van der Waals surface area (Å²) in [5.74, 6) is -0.221. The minimum absolute atomic E-state index is 0. The average molecular weight is 232 g/mol. The Labute approximate surface area is 134 Å². The van der Waals surface area contributed by atoms with Crippen LogP contribution >= 0.6 is 0 Å². The van der Waals surface area contributed by atoms with Crippen molar-refractivity contribution in [3.8, 4) is 0 Å². The van der Waals surface area contributed by atoms with Gasteiger partial charge in [0.25, 0.3) is 0 Å². The number of benzene rings is 1. The molecule has 1 rings (SSSR count). The average Bonchev–Trinajstić information content (AvgIpc) is 2.25. The van der Waals surface area contributed by atoms with Crippen LogP contribution in [0.2, 0.25) is 0 Å². The van der Waals surface area contributed by atoms with E-state index in [0.29, 0.717) is 12.2 Å². The third-order valence-electron chi connectivity index (χ3n) is 1.99. The first-order chi connectivity index (χ1) is 6.84. The first kappa shape index (κ1) is 15.3. The van der Waals surface area contributed by atoms with Crippen molar-refractivity contribution in [2.24, 2.45) is 0 Å². The Morgan fingerprint density at radius 1 is 1.20 bits per heavy atom. The van der Waals surface area contributed by atoms with Gasteiger partial charge in [-0.05, 0) is 18.6 Å². The van der Waals surface area contributed by atoms with Gasteiger partial charge in [-0.25, -0.2) is 4.79 Å². The maximum atomic E-state index is 11.4. The van der Waals surface area contributed by atoms with Gasteiger partial charge >= 0.3 is 57.4 Å². The van der Waals surface area contributed by atoms with Gasteiger partial charge in [-0.3, -0.25) is 0 Å². The fraction of sp³-hybridized carbons (Fsp3) is 0.417. The maximum absolute atomic E-state index is 11.4. The van der Waals surface area contributed by atoms with Gasteiger partial charge in [0.15, 0.2) is 0 Å². The van der Waals surface area contributed by atoms with E-state index in [-0.39, 0.29) is 57.4 Å². The molecular weight excluding hydrogens is 215 g/mol. The number of esters is 1. The Kier molecular flexibility index (Phi) is 9.75. The summed E-state index contributed by atoms with van der Waals surface area (Å²) >= 11 is 0. The summed E-state index contributed by atoms with van der Waals surface area (Å²) in [5, 5.41) is 0. The molecule has 0 fully saturated rings. The van der Waals surface area contributed by atoms with Crippen LogP contribution in [0.4, 0.5) is 0 Å². The summed E-state index contributed by atoms with van der Waals surface area (Å²) in [6, 6.07) is 9.09. The summed E-state index contributed by atoms with van der Waals surface area (Å²) < 4.78 is 5.09. The number of hydrogen-bond donors (Lipinski definition) is 0. The van der Waals surface area contributed by atoms with E-state index in [1.807, 2.05) is 18.2 Å². The van der Waals surface area contributed by atoms with E-state index in [9.17, 15) is 4.79 Å². The molecule has 0 unspecified atom stereocenters. The van der Waals surface area contributed by atoms with E-state index >= 15 is 0 Å². The summed E-state index contributed by atoms with van der Waals surface area (Å²) in [6.07, 6.45) is 3.21. The second kappa shape index (κ2) is 9.55. The molecule has 0 atom stereocenters. The van der Waals surface area contributed by atoms with Gasteiger partial charge in [-0.15, -0.1) is 0 Å². The summed E-state index contributed by atoms with van der Waals surface area (Å²) in [6.45, 7) is 2.65. The first-order valence-electron chi connectivity index (χ1n) is 5.06. The van der Waals surface area contributed by atoms with Crippen LogP contribution < -0.4 is 0 Å². The van der Waals surface area contributed by atoms with E-state index in [0.717, 1.165) is 19.3 Å². The van der Waals surface area contributed by atoms with Gasteiger partial charge in [-0.2, -0.15) is 0 Å². The molecule has 0 aliphatic heterocycles. The molecule has 0 spiro atoms. The zero-order chi connectivity index (χ0) is 10.2. The molecule has 78 valence electrons. The number of carbonyl (C=O) groups is 1. The fourth-order valence-corrected chi connectivity index (χ4v) is 1.17. The molecule has 0 aliphatic carbocycles. The molecule has 0 aromatic heterocycles. The van der Waals surface area contributed by atoms with E-state index in [1.165, 1.54) is 0 Å². The molecule has 0 radical (unpaired) electrons. The summed E-state index contributed by atoms with van der Waals surface area (Å²) in [5.41, 5.74) is 0.629. The Bertz CT molecular complexity index is 272. The molecule has 0 saturated carbocycles. The van der Waals surface area contributed by atoms with Crippen LogP contribution in [0, 0.1) is 0 Å². The molecule has 0 N–H and O–H groups in total. The standard InChI is InChI=1S/C12H16O2.K.H/c1-2-3-7-10-14-12(13)11-8-5-4-6-9-11;;/h4-6,8-9H,2-3,7,10H2,1H3;;. The number of unbranched alkanes of at least 4 members (excludes halogenated alkanes) is 2. The SMILES string of the molecule is CCCCCOC(=O)c1ccccc1.[KH]. The van der Waals surface area contributed by atoms with Gasteiger partial charge in [-0.1, -0.05) is 38.0 Å². The molecule has 3 heteroatoms. The molecule has 1 aromatic carbocycles. The second-order valence-electron chi connectivity index (χ2n) is 3.21. The van der Waals surface area contributed by atoms with Crippen molar-refractivity contribution in [2.75, 3.05) is 6.61 Å². The molecule has 0 heterocycles. The Morgan fingerprint density at radius 3 is 2.47 bits per heavy atom. The van der Waals surface area contributed by atoms with Gasteiger partial charge in [0.05, 0.1) is 12.2 Å². The number of rotatable bonds is 5. The van der Waals surface area contributed by atoms with E-state index in [2.05, 4.69) is 6.92 Å². The zero-order valence-corrected chi connectivity index (χ0v) is 8.53. The quantitative estimate of drug-likeness (QED) is 0.442. The van der Waals surface area contributed by atoms with Crippen LogP contribution in [0.1, 0.15) is 36.5 Å². The van der Waals surface area contributed by atoms with Crippen LogP contribution in [-0.2, 0) is 4.74 Å². The van der Waals surface area contributed by atoms with Crippen LogP contribution in [0.25, 0.3) is 0 Å². The van der Waals surface area contributed by atoms with Crippen molar-refractivity contribution in [1.29, 1.82) is 0 Å². The van der Waals surface area contributed by atoms with Gasteiger partial charge in [0.1, 0.15) is 0 Å². The van der Waals surface area contributed by atoms with Gasteiger partial charge < -0.3 is 4.74 Å². The molecule has 0 saturated heterocycles. The molecule has 0 bridgehead atoms. The Morgan fingerprint density at radius 2 is 1.87 bits per heavy atom. The van der Waals surface area contributed by atoms with Crippen LogP contribution in [0.5, 0.6) is 0 Å². The zero-order valence-electron chi connectivity index (χ0n) is 8.53. The van der Waals surface area contributed by atoms with E-state index < -0.39 is 0 Å². The van der Waals surface area contributed by atoms with Gasteiger partial charge in [0, 0.05) is 0 Å².